The fourth-order valence-corrected chi connectivity index (χ4v) is 1.79. The zero-order chi connectivity index (χ0) is 12.7. The van der Waals surface area contributed by atoms with Crippen LogP contribution in [0.15, 0.2) is 9.59 Å². The number of aromatic nitrogens is 4. The molecule has 0 atom stereocenters. The third-order valence-electron chi connectivity index (χ3n) is 2.81. The van der Waals surface area contributed by atoms with Crippen LogP contribution < -0.4 is 11.2 Å². The van der Waals surface area contributed by atoms with Crippen LogP contribution in [0.2, 0.25) is 0 Å². The summed E-state index contributed by atoms with van der Waals surface area (Å²) in [6.07, 6.45) is 0.0997. The molecule has 2 aromatic heterocycles. The summed E-state index contributed by atoms with van der Waals surface area (Å²) >= 11 is 0. The molecule has 0 fully saturated rings. The van der Waals surface area contributed by atoms with Crippen molar-refractivity contribution >= 4 is 11.2 Å². The first-order chi connectivity index (χ1) is 7.99. The first-order valence-corrected chi connectivity index (χ1v) is 4.97. The van der Waals surface area contributed by atoms with Crippen LogP contribution in [0.1, 0.15) is 5.82 Å². The average Bonchev–Trinajstić information content (AvgIpc) is 2.62. The van der Waals surface area contributed by atoms with Gasteiger partial charge in [-0.3, -0.25) is 13.9 Å². The minimum Gasteiger partial charge on any atom is -0.324 e. The molecule has 0 aliphatic carbocycles. The minimum atomic E-state index is -0.427. The second-order valence-electron chi connectivity index (χ2n) is 3.80. The van der Waals surface area contributed by atoms with E-state index in [4.69, 9.17) is 5.26 Å². The predicted octanol–water partition coefficient (Wildman–Crippen LogP) is -0.963. The van der Waals surface area contributed by atoms with E-state index in [2.05, 4.69) is 4.98 Å². The van der Waals surface area contributed by atoms with E-state index in [0.29, 0.717) is 17.0 Å². The van der Waals surface area contributed by atoms with Crippen molar-refractivity contribution in [3.8, 4) is 6.07 Å². The van der Waals surface area contributed by atoms with E-state index < -0.39 is 11.2 Å². The summed E-state index contributed by atoms with van der Waals surface area (Å²) in [5.41, 5.74) is -0.183. The van der Waals surface area contributed by atoms with Crippen LogP contribution in [0.5, 0.6) is 0 Å². The third kappa shape index (κ3) is 1.38. The third-order valence-corrected chi connectivity index (χ3v) is 2.81. The quantitative estimate of drug-likeness (QED) is 0.634. The van der Waals surface area contributed by atoms with Crippen LogP contribution >= 0.6 is 0 Å². The smallest absolute Gasteiger partial charge is 0.324 e. The van der Waals surface area contributed by atoms with Gasteiger partial charge in [-0.1, -0.05) is 0 Å². The Kier molecular flexibility index (Phi) is 2.35. The highest BCUT2D eigenvalue weighted by Gasteiger charge is 2.16. The van der Waals surface area contributed by atoms with Crippen LogP contribution in [0.25, 0.3) is 11.2 Å². The Balaban J connectivity index is 3.04. The van der Waals surface area contributed by atoms with Crippen LogP contribution in [0.4, 0.5) is 0 Å². The molecule has 2 rings (SSSR count). The first kappa shape index (κ1) is 11.1. The van der Waals surface area contributed by atoms with Crippen molar-refractivity contribution in [1.29, 1.82) is 5.26 Å². The van der Waals surface area contributed by atoms with E-state index >= 15 is 0 Å². The van der Waals surface area contributed by atoms with Gasteiger partial charge in [0.25, 0.3) is 5.56 Å². The molecule has 0 bridgehead atoms. The molecule has 2 aromatic rings. The lowest BCUT2D eigenvalue weighted by Gasteiger charge is -2.03. The van der Waals surface area contributed by atoms with Gasteiger partial charge in [-0.05, 0) is 0 Å². The number of rotatable bonds is 1. The maximum atomic E-state index is 11.9. The van der Waals surface area contributed by atoms with Crippen molar-refractivity contribution in [2.75, 3.05) is 0 Å². The highest BCUT2D eigenvalue weighted by atomic mass is 16.2. The number of hydrogen-bond donors (Lipinski definition) is 0. The summed E-state index contributed by atoms with van der Waals surface area (Å²) in [7, 11) is 4.63. The summed E-state index contributed by atoms with van der Waals surface area (Å²) < 4.78 is 3.89. The molecule has 0 aliphatic rings. The van der Waals surface area contributed by atoms with Crippen LogP contribution in [-0.4, -0.2) is 18.7 Å². The molecule has 17 heavy (non-hydrogen) atoms. The van der Waals surface area contributed by atoms with Crippen molar-refractivity contribution in [2.45, 2.75) is 6.42 Å². The number of nitriles is 1. The molecule has 0 saturated heterocycles. The van der Waals surface area contributed by atoms with Crippen LogP contribution in [0.3, 0.4) is 0 Å². The summed E-state index contributed by atoms with van der Waals surface area (Å²) in [4.78, 5) is 27.8. The molecule has 0 spiro atoms. The number of imidazole rings is 1. The van der Waals surface area contributed by atoms with Gasteiger partial charge < -0.3 is 4.57 Å². The lowest BCUT2D eigenvalue weighted by molar-refractivity contribution is 0.705. The molecule has 0 N–H and O–H groups in total. The van der Waals surface area contributed by atoms with E-state index in [0.717, 1.165) is 4.57 Å². The molecule has 0 aromatic carbocycles. The molecule has 7 nitrogen and oxygen atoms in total. The van der Waals surface area contributed by atoms with E-state index in [-0.39, 0.29) is 6.42 Å². The van der Waals surface area contributed by atoms with E-state index in [1.165, 1.54) is 11.6 Å². The van der Waals surface area contributed by atoms with Crippen molar-refractivity contribution < 1.29 is 0 Å². The van der Waals surface area contributed by atoms with Gasteiger partial charge >= 0.3 is 5.69 Å². The molecular weight excluding hydrogens is 222 g/mol. The van der Waals surface area contributed by atoms with Crippen LogP contribution in [0, 0.1) is 11.3 Å². The van der Waals surface area contributed by atoms with Gasteiger partial charge in [0.2, 0.25) is 0 Å². The number of aryl methyl sites for hydroxylation is 2. The van der Waals surface area contributed by atoms with Gasteiger partial charge in [0.1, 0.15) is 5.82 Å². The molecule has 0 saturated carbocycles. The Hall–Kier alpha value is -2.36. The van der Waals surface area contributed by atoms with Crippen molar-refractivity contribution in [1.82, 2.24) is 18.7 Å². The van der Waals surface area contributed by atoms with E-state index in [9.17, 15) is 9.59 Å². The topological polar surface area (TPSA) is 85.6 Å². The van der Waals surface area contributed by atoms with Crippen molar-refractivity contribution in [3.05, 3.63) is 26.7 Å². The molecule has 0 radical (unpaired) electrons. The Morgan fingerprint density at radius 2 is 1.82 bits per heavy atom. The summed E-state index contributed by atoms with van der Waals surface area (Å²) in [6, 6.07) is 1.97. The van der Waals surface area contributed by atoms with Gasteiger partial charge in [0.05, 0.1) is 12.5 Å². The highest BCUT2D eigenvalue weighted by molar-refractivity contribution is 5.70. The van der Waals surface area contributed by atoms with Crippen molar-refractivity contribution in [3.63, 3.8) is 0 Å². The minimum absolute atomic E-state index is 0.0997. The Morgan fingerprint density at radius 3 is 2.41 bits per heavy atom. The Labute approximate surface area is 96.2 Å². The van der Waals surface area contributed by atoms with E-state index in [1.54, 1.807) is 18.7 Å². The van der Waals surface area contributed by atoms with Crippen molar-refractivity contribution in [2.24, 2.45) is 21.1 Å². The van der Waals surface area contributed by atoms with Gasteiger partial charge in [0.15, 0.2) is 11.2 Å². The van der Waals surface area contributed by atoms with E-state index in [1.807, 2.05) is 6.07 Å². The lowest BCUT2D eigenvalue weighted by atomic mass is 10.4. The SMILES string of the molecule is Cn1c(=O)c2c(nc(CC#N)n2C)n(C)c1=O. The zero-order valence-corrected chi connectivity index (χ0v) is 9.76. The largest absolute Gasteiger partial charge is 0.332 e. The van der Waals surface area contributed by atoms with Gasteiger partial charge in [-0.2, -0.15) is 5.26 Å². The molecule has 0 unspecified atom stereocenters. The standard InChI is InChI=1S/C10H11N5O2/c1-13-6(4-5-11)12-8-7(13)9(16)15(3)10(17)14(8)2/h4H2,1-3H3. The maximum absolute atomic E-state index is 11.9. The van der Waals surface area contributed by atoms with Gasteiger partial charge in [-0.25, -0.2) is 9.78 Å². The second kappa shape index (κ2) is 3.59. The number of hydrogen-bond acceptors (Lipinski definition) is 4. The molecular formula is C10H11N5O2. The maximum Gasteiger partial charge on any atom is 0.332 e. The zero-order valence-electron chi connectivity index (χ0n) is 9.76. The predicted molar refractivity (Wildman–Crippen MR) is 60.5 cm³/mol. The monoisotopic (exact) mass is 233 g/mol. The molecule has 0 aliphatic heterocycles. The fourth-order valence-electron chi connectivity index (χ4n) is 1.79. The Morgan fingerprint density at radius 1 is 1.18 bits per heavy atom. The molecule has 0 amide bonds. The molecule has 88 valence electrons. The Bertz CT molecular complexity index is 756. The normalized spacial score (nSPS) is 10.7. The molecule has 2 heterocycles. The summed E-state index contributed by atoms with van der Waals surface area (Å²) in [6.45, 7) is 0. The van der Waals surface area contributed by atoms with Gasteiger partial charge in [0, 0.05) is 21.1 Å². The number of nitrogens with zero attached hydrogens (tertiary/aromatic N) is 5. The van der Waals surface area contributed by atoms with Gasteiger partial charge in [-0.15, -0.1) is 0 Å². The van der Waals surface area contributed by atoms with Crippen LogP contribution in [-0.2, 0) is 27.6 Å². The fraction of sp³-hybridized carbons (Fsp3) is 0.400. The molecule has 7 heteroatoms. The summed E-state index contributed by atoms with van der Waals surface area (Å²) in [5.74, 6) is 0.473. The lowest BCUT2D eigenvalue weighted by Crippen LogP contribution is -2.37. The second-order valence-corrected chi connectivity index (χ2v) is 3.80. The first-order valence-electron chi connectivity index (χ1n) is 4.97. The average molecular weight is 233 g/mol. The number of fused-ring (bicyclic) bond motifs is 1. The summed E-state index contributed by atoms with van der Waals surface area (Å²) in [5, 5.41) is 8.66. The highest BCUT2D eigenvalue weighted by Crippen LogP contribution is 2.08.